The Morgan fingerprint density at radius 2 is 2.29 bits per heavy atom. The van der Waals surface area contributed by atoms with E-state index >= 15 is 0 Å². The van der Waals surface area contributed by atoms with Gasteiger partial charge < -0.3 is 0 Å². The topological polar surface area (TPSA) is 76.5 Å². The molecule has 6 nitrogen and oxygen atoms in total. The second kappa shape index (κ2) is 4.78. The minimum Gasteiger partial charge on any atom is -0.299 e. The van der Waals surface area contributed by atoms with Crippen molar-refractivity contribution in [1.29, 1.82) is 5.26 Å². The molecule has 0 spiro atoms. The summed E-state index contributed by atoms with van der Waals surface area (Å²) in [7, 11) is 1.76. The van der Waals surface area contributed by atoms with Gasteiger partial charge in [0.2, 0.25) is 0 Å². The average molecular weight is 231 g/mol. The zero-order valence-corrected chi connectivity index (χ0v) is 9.63. The van der Waals surface area contributed by atoms with E-state index in [1.165, 1.54) is 6.20 Å². The van der Waals surface area contributed by atoms with Gasteiger partial charge in [-0.05, 0) is 12.8 Å². The molecule has 0 atom stereocenters. The summed E-state index contributed by atoms with van der Waals surface area (Å²) in [5, 5.41) is 13.0. The minimum atomic E-state index is -0.0694. The number of fused-ring (bicyclic) bond motifs is 1. The second-order valence-electron chi connectivity index (χ2n) is 3.86. The Morgan fingerprint density at radius 3 is 3.06 bits per heavy atom. The monoisotopic (exact) mass is 231 g/mol. The Balaban J connectivity index is 2.22. The predicted octanol–water partition coefficient (Wildman–Crippen LogP) is 0.824. The van der Waals surface area contributed by atoms with Crippen molar-refractivity contribution < 1.29 is 0 Å². The molecule has 0 saturated carbocycles. The van der Waals surface area contributed by atoms with Crippen LogP contribution in [-0.2, 0) is 13.6 Å². The van der Waals surface area contributed by atoms with Gasteiger partial charge in [-0.15, -0.1) is 0 Å². The number of nitrogens with zero attached hydrogens (tertiary/aromatic N) is 5. The summed E-state index contributed by atoms with van der Waals surface area (Å²) >= 11 is 0. The molecule has 0 fully saturated rings. The molecule has 0 bridgehead atoms. The summed E-state index contributed by atoms with van der Waals surface area (Å²) in [6.45, 7) is 0.596. The van der Waals surface area contributed by atoms with Crippen LogP contribution in [0.25, 0.3) is 11.0 Å². The highest BCUT2D eigenvalue weighted by atomic mass is 16.1. The molecule has 0 N–H and O–H groups in total. The molecule has 0 saturated heterocycles. The molecule has 2 aromatic rings. The smallest absolute Gasteiger partial charge is 0.264 e. The van der Waals surface area contributed by atoms with E-state index in [0.717, 1.165) is 12.8 Å². The summed E-state index contributed by atoms with van der Waals surface area (Å²) in [5.74, 6) is 0. The molecule has 0 aliphatic carbocycles. The van der Waals surface area contributed by atoms with Crippen molar-refractivity contribution in [1.82, 2.24) is 19.3 Å². The summed E-state index contributed by atoms with van der Waals surface area (Å²) < 4.78 is 3.15. The molecular formula is C11H13N5O. The third kappa shape index (κ3) is 2.18. The van der Waals surface area contributed by atoms with Crippen molar-refractivity contribution in [2.75, 3.05) is 0 Å². The van der Waals surface area contributed by atoms with Gasteiger partial charge >= 0.3 is 0 Å². The summed E-state index contributed by atoms with van der Waals surface area (Å²) in [6.07, 6.45) is 5.21. The zero-order chi connectivity index (χ0) is 12.3. The fraction of sp³-hybridized carbons (Fsp3) is 0.455. The highest BCUT2D eigenvalue weighted by Crippen LogP contribution is 2.04. The van der Waals surface area contributed by atoms with Gasteiger partial charge in [-0.3, -0.25) is 14.0 Å². The number of hydrogen-bond donors (Lipinski definition) is 0. The van der Waals surface area contributed by atoms with Crippen molar-refractivity contribution in [2.45, 2.75) is 25.8 Å². The Hall–Kier alpha value is -2.16. The Bertz CT molecular complexity index is 619. The first-order chi connectivity index (χ1) is 8.24. The van der Waals surface area contributed by atoms with Crippen LogP contribution in [-0.4, -0.2) is 19.3 Å². The standard InChI is InChI=1S/C11H13N5O/c1-15-10-9(7-14-15)11(17)16(8-13-10)6-4-2-3-5-12/h7-8H,2-4,6H2,1H3. The van der Waals surface area contributed by atoms with Crippen molar-refractivity contribution in [2.24, 2.45) is 7.05 Å². The first-order valence-electron chi connectivity index (χ1n) is 5.48. The van der Waals surface area contributed by atoms with Crippen LogP contribution in [0.5, 0.6) is 0 Å². The normalized spacial score (nSPS) is 10.6. The number of hydrogen-bond acceptors (Lipinski definition) is 4. The van der Waals surface area contributed by atoms with Crippen LogP contribution >= 0.6 is 0 Å². The maximum Gasteiger partial charge on any atom is 0.264 e. The molecule has 2 heterocycles. The van der Waals surface area contributed by atoms with Gasteiger partial charge in [0.25, 0.3) is 5.56 Å². The van der Waals surface area contributed by atoms with Gasteiger partial charge in [-0.2, -0.15) is 10.4 Å². The minimum absolute atomic E-state index is 0.0694. The Morgan fingerprint density at radius 1 is 1.47 bits per heavy atom. The molecule has 0 amide bonds. The summed E-state index contributed by atoms with van der Waals surface area (Å²) in [4.78, 5) is 16.2. The van der Waals surface area contributed by atoms with E-state index in [-0.39, 0.29) is 5.56 Å². The largest absolute Gasteiger partial charge is 0.299 e. The molecule has 0 aliphatic rings. The van der Waals surface area contributed by atoms with Crippen LogP contribution in [0.4, 0.5) is 0 Å². The predicted molar refractivity (Wildman–Crippen MR) is 62.2 cm³/mol. The SMILES string of the molecule is Cn1ncc2c(=O)n(CCCCC#N)cnc21. The number of rotatable bonds is 4. The lowest BCUT2D eigenvalue weighted by molar-refractivity contribution is 0.594. The Kier molecular flexibility index (Phi) is 3.19. The first kappa shape index (κ1) is 11.3. The van der Waals surface area contributed by atoms with Gasteiger partial charge in [0.05, 0.1) is 18.6 Å². The van der Waals surface area contributed by atoms with E-state index in [9.17, 15) is 4.79 Å². The van der Waals surface area contributed by atoms with E-state index in [2.05, 4.69) is 16.2 Å². The van der Waals surface area contributed by atoms with E-state index in [1.54, 1.807) is 22.6 Å². The molecule has 0 radical (unpaired) electrons. The maximum absolute atomic E-state index is 12.0. The lowest BCUT2D eigenvalue weighted by Crippen LogP contribution is -2.20. The molecule has 0 aromatic carbocycles. The second-order valence-corrected chi connectivity index (χ2v) is 3.86. The van der Waals surface area contributed by atoms with Crippen LogP contribution in [0, 0.1) is 11.3 Å². The lowest BCUT2D eigenvalue weighted by atomic mass is 10.2. The third-order valence-corrected chi connectivity index (χ3v) is 2.66. The van der Waals surface area contributed by atoms with Gasteiger partial charge in [0.15, 0.2) is 5.65 Å². The van der Waals surface area contributed by atoms with Gasteiger partial charge in [0.1, 0.15) is 5.39 Å². The molecule has 0 aliphatic heterocycles. The van der Waals surface area contributed by atoms with Crippen LogP contribution < -0.4 is 5.56 Å². The molecule has 2 aromatic heterocycles. The molecule has 2 rings (SSSR count). The Labute approximate surface area is 98.1 Å². The number of aryl methyl sites for hydroxylation is 2. The summed E-state index contributed by atoms with van der Waals surface area (Å²) in [6, 6.07) is 2.09. The highest BCUT2D eigenvalue weighted by molar-refractivity contribution is 5.72. The maximum atomic E-state index is 12.0. The first-order valence-corrected chi connectivity index (χ1v) is 5.48. The molecule has 17 heavy (non-hydrogen) atoms. The highest BCUT2D eigenvalue weighted by Gasteiger charge is 2.07. The van der Waals surface area contributed by atoms with Crippen LogP contribution in [0.1, 0.15) is 19.3 Å². The molecular weight excluding hydrogens is 218 g/mol. The van der Waals surface area contributed by atoms with Crippen molar-refractivity contribution in [3.05, 3.63) is 22.9 Å². The van der Waals surface area contributed by atoms with E-state index < -0.39 is 0 Å². The third-order valence-electron chi connectivity index (χ3n) is 2.66. The van der Waals surface area contributed by atoms with E-state index in [0.29, 0.717) is 24.0 Å². The lowest BCUT2D eigenvalue weighted by Gasteiger charge is -2.03. The number of nitriles is 1. The van der Waals surface area contributed by atoms with Crippen LogP contribution in [0.2, 0.25) is 0 Å². The van der Waals surface area contributed by atoms with Gasteiger partial charge in [0, 0.05) is 20.0 Å². The fourth-order valence-electron chi connectivity index (χ4n) is 1.71. The quantitative estimate of drug-likeness (QED) is 0.730. The molecule has 88 valence electrons. The van der Waals surface area contributed by atoms with Gasteiger partial charge in [-0.1, -0.05) is 0 Å². The van der Waals surface area contributed by atoms with Crippen molar-refractivity contribution in [3.8, 4) is 6.07 Å². The zero-order valence-electron chi connectivity index (χ0n) is 9.63. The van der Waals surface area contributed by atoms with Crippen LogP contribution in [0.15, 0.2) is 17.3 Å². The fourth-order valence-corrected chi connectivity index (χ4v) is 1.71. The van der Waals surface area contributed by atoms with Crippen molar-refractivity contribution in [3.63, 3.8) is 0 Å². The number of aromatic nitrogens is 4. The molecule has 0 unspecified atom stereocenters. The van der Waals surface area contributed by atoms with Crippen LogP contribution in [0.3, 0.4) is 0 Å². The molecule has 6 heteroatoms. The van der Waals surface area contributed by atoms with Crippen molar-refractivity contribution >= 4 is 11.0 Å². The van der Waals surface area contributed by atoms with Gasteiger partial charge in [-0.25, -0.2) is 4.98 Å². The average Bonchev–Trinajstić information content (AvgIpc) is 2.70. The van der Waals surface area contributed by atoms with E-state index in [4.69, 9.17) is 5.26 Å². The summed E-state index contributed by atoms with van der Waals surface area (Å²) in [5.41, 5.74) is 0.531. The van der Waals surface area contributed by atoms with E-state index in [1.807, 2.05) is 0 Å². The number of unbranched alkanes of at least 4 members (excludes halogenated alkanes) is 2.